The number of benzene rings is 1. The molecular formula is C10H11BrN4. The highest BCUT2D eigenvalue weighted by Crippen LogP contribution is 2.20. The summed E-state index contributed by atoms with van der Waals surface area (Å²) < 4.78 is 2.69. The van der Waals surface area contributed by atoms with Crippen LogP contribution in [0.3, 0.4) is 0 Å². The van der Waals surface area contributed by atoms with Crippen LogP contribution in [0.5, 0.6) is 0 Å². The van der Waals surface area contributed by atoms with Gasteiger partial charge in [0.1, 0.15) is 5.82 Å². The van der Waals surface area contributed by atoms with E-state index in [0.717, 1.165) is 15.7 Å². The molecule has 1 heterocycles. The van der Waals surface area contributed by atoms with Gasteiger partial charge in [0.2, 0.25) is 5.95 Å². The molecule has 1 aromatic carbocycles. The second-order valence-electron chi connectivity index (χ2n) is 3.36. The highest BCUT2D eigenvalue weighted by molar-refractivity contribution is 9.10. The van der Waals surface area contributed by atoms with Crippen molar-refractivity contribution in [2.24, 2.45) is 0 Å². The van der Waals surface area contributed by atoms with Crippen molar-refractivity contribution in [1.82, 2.24) is 14.8 Å². The monoisotopic (exact) mass is 266 g/mol. The zero-order valence-corrected chi connectivity index (χ0v) is 10.1. The molecule has 0 saturated heterocycles. The van der Waals surface area contributed by atoms with Crippen molar-refractivity contribution in [2.45, 2.75) is 13.8 Å². The molecule has 2 N–H and O–H groups in total. The van der Waals surface area contributed by atoms with Crippen LogP contribution >= 0.6 is 15.9 Å². The van der Waals surface area contributed by atoms with Gasteiger partial charge in [0.15, 0.2) is 0 Å². The Hall–Kier alpha value is -1.36. The van der Waals surface area contributed by atoms with Crippen molar-refractivity contribution in [1.29, 1.82) is 0 Å². The maximum Gasteiger partial charge on any atom is 0.223 e. The van der Waals surface area contributed by atoms with Crippen molar-refractivity contribution in [3.8, 4) is 5.69 Å². The topological polar surface area (TPSA) is 56.7 Å². The van der Waals surface area contributed by atoms with Crippen LogP contribution in [0.15, 0.2) is 22.7 Å². The molecule has 0 unspecified atom stereocenters. The lowest BCUT2D eigenvalue weighted by Gasteiger charge is -2.06. The lowest BCUT2D eigenvalue weighted by molar-refractivity contribution is 0.864. The molecule has 0 spiro atoms. The number of aromatic nitrogens is 3. The molecule has 0 fully saturated rings. The van der Waals surface area contributed by atoms with Crippen molar-refractivity contribution in [2.75, 3.05) is 5.73 Å². The van der Waals surface area contributed by atoms with Gasteiger partial charge >= 0.3 is 0 Å². The largest absolute Gasteiger partial charge is 0.368 e. The molecular weight excluding hydrogens is 256 g/mol. The molecule has 0 aliphatic rings. The van der Waals surface area contributed by atoms with Gasteiger partial charge in [-0.3, -0.25) is 0 Å². The molecule has 0 amide bonds. The molecule has 2 rings (SSSR count). The first kappa shape index (κ1) is 10.2. The molecule has 78 valence electrons. The first-order valence-corrected chi connectivity index (χ1v) is 5.33. The molecule has 0 radical (unpaired) electrons. The fourth-order valence-corrected chi connectivity index (χ4v) is 1.94. The van der Waals surface area contributed by atoms with Gasteiger partial charge in [-0.1, -0.05) is 15.9 Å². The Morgan fingerprint density at radius 2 is 2.07 bits per heavy atom. The Kier molecular flexibility index (Phi) is 2.48. The Labute approximate surface area is 96.3 Å². The zero-order chi connectivity index (χ0) is 11.0. The maximum atomic E-state index is 5.76. The van der Waals surface area contributed by atoms with E-state index in [4.69, 9.17) is 5.73 Å². The number of rotatable bonds is 1. The predicted octanol–water partition coefficient (Wildman–Crippen LogP) is 2.23. The standard InChI is InChI=1S/C10H11BrN4/c1-6-5-8(11)3-4-9(6)15-10(12)13-7(2)14-15/h3-5H,1-2H3,(H2,12,13,14). The van der Waals surface area contributed by atoms with E-state index in [9.17, 15) is 0 Å². The third-order valence-corrected chi connectivity index (χ3v) is 2.62. The third-order valence-electron chi connectivity index (χ3n) is 2.13. The van der Waals surface area contributed by atoms with Gasteiger partial charge in [0.25, 0.3) is 0 Å². The lowest BCUT2D eigenvalue weighted by atomic mass is 10.2. The summed E-state index contributed by atoms with van der Waals surface area (Å²) in [6.45, 7) is 3.83. The number of hydrogen-bond acceptors (Lipinski definition) is 3. The van der Waals surface area contributed by atoms with Gasteiger partial charge in [0, 0.05) is 4.47 Å². The summed E-state index contributed by atoms with van der Waals surface area (Å²) >= 11 is 3.42. The summed E-state index contributed by atoms with van der Waals surface area (Å²) in [6.07, 6.45) is 0. The van der Waals surface area contributed by atoms with Crippen LogP contribution in [0.2, 0.25) is 0 Å². The van der Waals surface area contributed by atoms with Crippen LogP contribution in [-0.4, -0.2) is 14.8 Å². The highest BCUT2D eigenvalue weighted by atomic mass is 79.9. The molecule has 4 nitrogen and oxygen atoms in total. The minimum atomic E-state index is 0.415. The SMILES string of the molecule is Cc1nc(N)n(-c2ccc(Br)cc2C)n1. The van der Waals surface area contributed by atoms with Gasteiger partial charge in [-0.05, 0) is 37.6 Å². The fraction of sp³-hybridized carbons (Fsp3) is 0.200. The maximum absolute atomic E-state index is 5.76. The molecule has 0 saturated carbocycles. The zero-order valence-electron chi connectivity index (χ0n) is 8.53. The Morgan fingerprint density at radius 1 is 1.33 bits per heavy atom. The van der Waals surface area contributed by atoms with E-state index >= 15 is 0 Å². The quantitative estimate of drug-likeness (QED) is 0.861. The van der Waals surface area contributed by atoms with Crippen molar-refractivity contribution in [3.05, 3.63) is 34.1 Å². The number of nitrogens with two attached hydrogens (primary N) is 1. The molecule has 0 atom stereocenters. The minimum Gasteiger partial charge on any atom is -0.368 e. The summed E-state index contributed by atoms with van der Waals surface area (Å²) in [5.41, 5.74) is 7.81. The summed E-state index contributed by atoms with van der Waals surface area (Å²) in [5.74, 6) is 1.09. The smallest absolute Gasteiger partial charge is 0.223 e. The van der Waals surface area contributed by atoms with Crippen molar-refractivity contribution >= 4 is 21.9 Å². The average molecular weight is 267 g/mol. The lowest BCUT2D eigenvalue weighted by Crippen LogP contribution is -2.04. The summed E-state index contributed by atoms with van der Waals surface area (Å²) in [6, 6.07) is 5.94. The second kappa shape index (κ2) is 3.66. The molecule has 0 bridgehead atoms. The van der Waals surface area contributed by atoms with Gasteiger partial charge in [-0.25, -0.2) is 0 Å². The van der Waals surface area contributed by atoms with E-state index in [-0.39, 0.29) is 0 Å². The van der Waals surface area contributed by atoms with Crippen LogP contribution in [-0.2, 0) is 0 Å². The number of nitrogen functional groups attached to an aromatic ring is 1. The van der Waals surface area contributed by atoms with E-state index in [1.54, 1.807) is 4.68 Å². The number of nitrogens with zero attached hydrogens (tertiary/aromatic N) is 3. The number of halogens is 1. The second-order valence-corrected chi connectivity index (χ2v) is 4.28. The van der Waals surface area contributed by atoms with E-state index in [0.29, 0.717) is 11.8 Å². The van der Waals surface area contributed by atoms with Gasteiger partial charge in [-0.2, -0.15) is 9.67 Å². The fourth-order valence-electron chi connectivity index (χ4n) is 1.47. The van der Waals surface area contributed by atoms with Gasteiger partial charge < -0.3 is 5.73 Å². The first-order valence-electron chi connectivity index (χ1n) is 4.53. The van der Waals surface area contributed by atoms with Crippen LogP contribution in [0, 0.1) is 13.8 Å². The summed E-state index contributed by atoms with van der Waals surface area (Å²) in [5, 5.41) is 4.24. The number of hydrogen-bond donors (Lipinski definition) is 1. The molecule has 0 aliphatic carbocycles. The highest BCUT2D eigenvalue weighted by Gasteiger charge is 2.08. The first-order chi connectivity index (χ1) is 7.08. The summed E-state index contributed by atoms with van der Waals surface area (Å²) in [4.78, 5) is 4.07. The number of anilines is 1. The summed E-state index contributed by atoms with van der Waals surface area (Å²) in [7, 11) is 0. The Balaban J connectivity index is 2.59. The Morgan fingerprint density at radius 3 is 2.60 bits per heavy atom. The van der Waals surface area contributed by atoms with E-state index in [1.165, 1.54) is 0 Å². The minimum absolute atomic E-state index is 0.415. The Bertz CT molecular complexity index is 504. The van der Waals surface area contributed by atoms with Crippen LogP contribution in [0.1, 0.15) is 11.4 Å². The normalized spacial score (nSPS) is 10.6. The van der Waals surface area contributed by atoms with Crippen LogP contribution < -0.4 is 5.73 Å². The molecule has 0 aliphatic heterocycles. The van der Waals surface area contributed by atoms with Crippen LogP contribution in [0.4, 0.5) is 5.95 Å². The van der Waals surface area contributed by atoms with E-state index < -0.39 is 0 Å². The molecule has 5 heteroatoms. The van der Waals surface area contributed by atoms with Gasteiger partial charge in [-0.15, -0.1) is 5.10 Å². The van der Waals surface area contributed by atoms with E-state index in [1.807, 2.05) is 32.0 Å². The predicted molar refractivity (Wildman–Crippen MR) is 62.9 cm³/mol. The van der Waals surface area contributed by atoms with Crippen molar-refractivity contribution in [3.63, 3.8) is 0 Å². The number of aryl methyl sites for hydroxylation is 2. The average Bonchev–Trinajstić information content (AvgIpc) is 2.45. The van der Waals surface area contributed by atoms with Crippen molar-refractivity contribution < 1.29 is 0 Å². The molecule has 2 aromatic rings. The molecule has 15 heavy (non-hydrogen) atoms. The molecule has 1 aromatic heterocycles. The van der Waals surface area contributed by atoms with Crippen LogP contribution in [0.25, 0.3) is 5.69 Å². The van der Waals surface area contributed by atoms with Gasteiger partial charge in [0.05, 0.1) is 5.69 Å². The van der Waals surface area contributed by atoms with E-state index in [2.05, 4.69) is 26.0 Å². The third kappa shape index (κ3) is 1.87.